The Morgan fingerprint density at radius 2 is 2.12 bits per heavy atom. The molecule has 0 aromatic heterocycles. The van der Waals surface area contributed by atoms with Gasteiger partial charge in [0.25, 0.3) is 5.91 Å². The van der Waals surface area contributed by atoms with Gasteiger partial charge in [-0.25, -0.2) is 4.79 Å². The molecule has 1 aromatic rings. The van der Waals surface area contributed by atoms with Gasteiger partial charge in [0.15, 0.2) is 0 Å². The summed E-state index contributed by atoms with van der Waals surface area (Å²) in [6.07, 6.45) is 1.22. The smallest absolute Gasteiger partial charge is 0.336 e. The number of methoxy groups -OCH3 is 1. The second-order valence-electron chi connectivity index (χ2n) is 3.29. The first kappa shape index (κ1) is 12.7. The first-order chi connectivity index (χ1) is 8.01. The molecule has 0 saturated heterocycles. The van der Waals surface area contributed by atoms with Crippen molar-refractivity contribution in [3.05, 3.63) is 28.8 Å². The van der Waals surface area contributed by atoms with Gasteiger partial charge in [-0.2, -0.15) is 0 Å². The second-order valence-corrected chi connectivity index (χ2v) is 3.29. The number of carbonyl (C=O) groups excluding carboxylic acids is 1. The van der Waals surface area contributed by atoms with Crippen LogP contribution in [0.15, 0.2) is 12.1 Å². The maximum absolute atomic E-state index is 11.1. The van der Waals surface area contributed by atoms with Gasteiger partial charge < -0.3 is 21.0 Å². The Morgan fingerprint density at radius 1 is 1.47 bits per heavy atom. The number of ether oxygens (including phenoxy) is 1. The number of carbonyl (C=O) groups is 2. The number of carboxylic acids is 1. The quantitative estimate of drug-likeness (QED) is 0.652. The Balaban J connectivity index is 3.46. The number of rotatable bonds is 5. The van der Waals surface area contributed by atoms with Crippen LogP contribution in [-0.4, -0.2) is 30.3 Å². The average Bonchev–Trinajstić information content (AvgIpc) is 2.28. The van der Waals surface area contributed by atoms with Crippen molar-refractivity contribution in [3.63, 3.8) is 0 Å². The minimum Gasteiger partial charge on any atom is -0.496 e. The third-order valence-electron chi connectivity index (χ3n) is 2.24. The predicted molar refractivity (Wildman–Crippen MR) is 61.0 cm³/mol. The molecule has 90 valence electrons. The van der Waals surface area contributed by atoms with Crippen molar-refractivity contribution in [2.75, 3.05) is 7.11 Å². The fourth-order valence-electron chi connectivity index (χ4n) is 1.46. The topological polar surface area (TPSA) is 113 Å². The maximum atomic E-state index is 11.1. The van der Waals surface area contributed by atoms with Gasteiger partial charge in [-0.3, -0.25) is 4.79 Å². The summed E-state index contributed by atoms with van der Waals surface area (Å²) in [5, 5.41) is 16.0. The Morgan fingerprint density at radius 3 is 2.53 bits per heavy atom. The molecule has 0 radical (unpaired) electrons. The van der Waals surface area contributed by atoms with Crippen LogP contribution in [0.4, 0.5) is 0 Å². The second kappa shape index (κ2) is 5.11. The van der Waals surface area contributed by atoms with Crippen LogP contribution in [0.2, 0.25) is 0 Å². The van der Waals surface area contributed by atoms with Crippen LogP contribution in [0.5, 0.6) is 5.75 Å². The monoisotopic (exact) mass is 236 g/mol. The Labute approximate surface area is 97.5 Å². The Kier molecular flexibility index (Phi) is 3.82. The van der Waals surface area contributed by atoms with Gasteiger partial charge in [0, 0.05) is 6.42 Å². The first-order valence-corrected chi connectivity index (χ1v) is 4.74. The first-order valence-electron chi connectivity index (χ1n) is 4.74. The van der Waals surface area contributed by atoms with Gasteiger partial charge in [-0.15, -0.1) is 0 Å². The van der Waals surface area contributed by atoms with Crippen LogP contribution in [-0.2, 0) is 6.42 Å². The van der Waals surface area contributed by atoms with E-state index in [1.165, 1.54) is 19.2 Å². The van der Waals surface area contributed by atoms with Gasteiger partial charge in [-0.05, 0) is 23.9 Å². The lowest BCUT2D eigenvalue weighted by molar-refractivity contribution is 0.0696. The van der Waals surface area contributed by atoms with Crippen LogP contribution in [0.25, 0.3) is 0 Å². The SMILES string of the molecule is COc1cc(CC=N)c(C(=O)O)cc1C(N)=O. The number of amides is 1. The van der Waals surface area contributed by atoms with Crippen LogP contribution in [0.3, 0.4) is 0 Å². The number of hydrogen-bond donors (Lipinski definition) is 3. The largest absolute Gasteiger partial charge is 0.496 e. The lowest BCUT2D eigenvalue weighted by atomic mass is 10.0. The zero-order chi connectivity index (χ0) is 13.0. The summed E-state index contributed by atoms with van der Waals surface area (Å²) < 4.78 is 4.96. The molecule has 0 aliphatic carbocycles. The summed E-state index contributed by atoms with van der Waals surface area (Å²) >= 11 is 0. The minimum absolute atomic E-state index is 0.0126. The normalized spacial score (nSPS) is 9.71. The van der Waals surface area contributed by atoms with E-state index < -0.39 is 11.9 Å². The molecule has 0 heterocycles. The van der Waals surface area contributed by atoms with Crippen LogP contribution < -0.4 is 10.5 Å². The van der Waals surface area contributed by atoms with E-state index in [1.807, 2.05) is 0 Å². The summed E-state index contributed by atoms with van der Waals surface area (Å²) in [6.45, 7) is 0. The highest BCUT2D eigenvalue weighted by Crippen LogP contribution is 2.23. The molecule has 0 bridgehead atoms. The molecule has 0 aliphatic heterocycles. The standard InChI is InChI=1S/C11H12N2O4/c1-17-9-4-6(2-3-12)7(11(15)16)5-8(9)10(13)14/h3-5,12H,2H2,1H3,(H2,13,14)(H,15,16). The highest BCUT2D eigenvalue weighted by molar-refractivity contribution is 6.00. The van der Waals surface area contributed by atoms with Gasteiger partial charge in [0.05, 0.1) is 18.2 Å². The highest BCUT2D eigenvalue weighted by Gasteiger charge is 2.17. The van der Waals surface area contributed by atoms with Crippen molar-refractivity contribution in [3.8, 4) is 5.75 Å². The van der Waals surface area contributed by atoms with E-state index in [1.54, 1.807) is 0 Å². The van der Waals surface area contributed by atoms with Crippen molar-refractivity contribution in [1.82, 2.24) is 0 Å². The lowest BCUT2D eigenvalue weighted by Crippen LogP contribution is -2.15. The number of aromatic carboxylic acids is 1. The number of benzene rings is 1. The average molecular weight is 236 g/mol. The van der Waals surface area contributed by atoms with Crippen LogP contribution in [0.1, 0.15) is 26.3 Å². The molecule has 0 aliphatic rings. The molecular formula is C11H12N2O4. The van der Waals surface area contributed by atoms with Crippen molar-refractivity contribution >= 4 is 18.1 Å². The number of primary amides is 1. The fourth-order valence-corrected chi connectivity index (χ4v) is 1.46. The zero-order valence-electron chi connectivity index (χ0n) is 9.19. The number of nitrogens with one attached hydrogen (secondary N) is 1. The van der Waals surface area contributed by atoms with Crippen molar-refractivity contribution in [2.24, 2.45) is 5.73 Å². The molecule has 0 atom stereocenters. The summed E-state index contributed by atoms with van der Waals surface area (Å²) in [4.78, 5) is 22.1. The fraction of sp³-hybridized carbons (Fsp3) is 0.182. The summed E-state index contributed by atoms with van der Waals surface area (Å²) in [5.74, 6) is -1.72. The molecule has 0 spiro atoms. The third-order valence-corrected chi connectivity index (χ3v) is 2.24. The van der Waals surface area contributed by atoms with Crippen LogP contribution >= 0.6 is 0 Å². The van der Waals surface area contributed by atoms with E-state index in [2.05, 4.69) is 0 Å². The minimum atomic E-state index is -1.17. The molecule has 17 heavy (non-hydrogen) atoms. The van der Waals surface area contributed by atoms with Gasteiger partial charge >= 0.3 is 5.97 Å². The van der Waals surface area contributed by atoms with Gasteiger partial charge in [0.2, 0.25) is 0 Å². The molecule has 1 aromatic carbocycles. The molecule has 6 nitrogen and oxygen atoms in total. The van der Waals surface area contributed by atoms with Crippen molar-refractivity contribution in [1.29, 1.82) is 5.41 Å². The summed E-state index contributed by atoms with van der Waals surface area (Å²) in [7, 11) is 1.36. The molecule has 0 unspecified atom stereocenters. The number of nitrogens with two attached hydrogens (primary N) is 1. The van der Waals surface area contributed by atoms with E-state index in [0.717, 1.165) is 6.21 Å². The molecule has 6 heteroatoms. The van der Waals surface area contributed by atoms with Crippen molar-refractivity contribution in [2.45, 2.75) is 6.42 Å². The number of hydrogen-bond acceptors (Lipinski definition) is 4. The molecule has 4 N–H and O–H groups in total. The van der Waals surface area contributed by atoms with E-state index in [-0.39, 0.29) is 23.3 Å². The third kappa shape index (κ3) is 2.60. The Hall–Kier alpha value is -2.37. The maximum Gasteiger partial charge on any atom is 0.336 e. The van der Waals surface area contributed by atoms with E-state index in [9.17, 15) is 9.59 Å². The molecule has 1 rings (SSSR count). The lowest BCUT2D eigenvalue weighted by Gasteiger charge is -2.10. The molecular weight excluding hydrogens is 224 g/mol. The van der Waals surface area contributed by atoms with Gasteiger partial charge in [-0.1, -0.05) is 0 Å². The Bertz CT molecular complexity index is 483. The zero-order valence-corrected chi connectivity index (χ0v) is 9.19. The molecule has 0 saturated carbocycles. The van der Waals surface area contributed by atoms with E-state index in [4.69, 9.17) is 21.0 Å². The molecule has 0 fully saturated rings. The summed E-state index contributed by atoms with van der Waals surface area (Å²) in [6, 6.07) is 2.58. The highest BCUT2D eigenvalue weighted by atomic mass is 16.5. The van der Waals surface area contributed by atoms with E-state index in [0.29, 0.717) is 5.56 Å². The van der Waals surface area contributed by atoms with Crippen LogP contribution in [0, 0.1) is 5.41 Å². The van der Waals surface area contributed by atoms with E-state index >= 15 is 0 Å². The van der Waals surface area contributed by atoms with Crippen molar-refractivity contribution < 1.29 is 19.4 Å². The predicted octanol–water partition coefficient (Wildman–Crippen LogP) is 0.684. The van der Waals surface area contributed by atoms with Gasteiger partial charge in [0.1, 0.15) is 5.75 Å². The summed E-state index contributed by atoms with van der Waals surface area (Å²) in [5.41, 5.74) is 5.48. The molecule has 1 amide bonds. The number of carboxylic acid groups (broad SMARTS) is 1.